The van der Waals surface area contributed by atoms with Gasteiger partial charge in [0, 0.05) is 5.54 Å². The molecule has 0 radical (unpaired) electrons. The summed E-state index contributed by atoms with van der Waals surface area (Å²) < 4.78 is 0. The number of hydrogen-bond donors (Lipinski definition) is 2. The molecule has 0 aromatic carbocycles. The highest BCUT2D eigenvalue weighted by molar-refractivity contribution is 5.82. The maximum Gasteiger partial charge on any atom is 0.237 e. The summed E-state index contributed by atoms with van der Waals surface area (Å²) in [6.07, 6.45) is 0. The van der Waals surface area contributed by atoms with Crippen molar-refractivity contribution in [2.45, 2.75) is 53.1 Å². The van der Waals surface area contributed by atoms with Crippen molar-refractivity contribution >= 4 is 5.91 Å². The van der Waals surface area contributed by atoms with Gasteiger partial charge in [-0.3, -0.25) is 4.79 Å². The van der Waals surface area contributed by atoms with Crippen LogP contribution in [-0.4, -0.2) is 17.5 Å². The van der Waals surface area contributed by atoms with E-state index in [9.17, 15) is 4.79 Å². The molecular formula is C10H22N2O. The molecule has 3 N–H and O–H groups in total. The highest BCUT2D eigenvalue weighted by atomic mass is 16.2. The maximum atomic E-state index is 11.6. The average Bonchev–Trinajstić information content (AvgIpc) is 1.79. The molecule has 0 aliphatic heterocycles. The van der Waals surface area contributed by atoms with Crippen LogP contribution in [0.2, 0.25) is 0 Å². The molecule has 3 nitrogen and oxygen atoms in total. The first-order chi connectivity index (χ1) is 5.54. The topological polar surface area (TPSA) is 55.1 Å². The van der Waals surface area contributed by atoms with Crippen LogP contribution in [0.1, 0.15) is 41.5 Å². The lowest BCUT2D eigenvalue weighted by Crippen LogP contribution is -2.53. The van der Waals surface area contributed by atoms with Crippen molar-refractivity contribution in [2.75, 3.05) is 0 Å². The zero-order chi connectivity index (χ0) is 10.9. The van der Waals surface area contributed by atoms with Crippen LogP contribution in [0.15, 0.2) is 0 Å². The van der Waals surface area contributed by atoms with Gasteiger partial charge in [-0.25, -0.2) is 0 Å². The molecule has 1 amide bonds. The Hall–Kier alpha value is -0.570. The van der Waals surface area contributed by atoms with Crippen molar-refractivity contribution in [3.05, 3.63) is 0 Å². The number of carbonyl (C=O) groups excluding carboxylic acids is 1. The molecule has 1 atom stereocenters. The van der Waals surface area contributed by atoms with Gasteiger partial charge in [0.15, 0.2) is 0 Å². The Labute approximate surface area is 81.1 Å². The van der Waals surface area contributed by atoms with Crippen LogP contribution < -0.4 is 11.1 Å². The lowest BCUT2D eigenvalue weighted by Gasteiger charge is -2.29. The predicted molar refractivity (Wildman–Crippen MR) is 55.3 cm³/mol. The molecule has 0 saturated heterocycles. The minimum Gasteiger partial charge on any atom is -0.350 e. The van der Waals surface area contributed by atoms with Gasteiger partial charge in [0.05, 0.1) is 6.04 Å². The number of hydrogen-bond acceptors (Lipinski definition) is 2. The van der Waals surface area contributed by atoms with Gasteiger partial charge in [-0.15, -0.1) is 0 Å². The van der Waals surface area contributed by atoms with Crippen LogP contribution in [0.3, 0.4) is 0 Å². The van der Waals surface area contributed by atoms with Crippen LogP contribution in [-0.2, 0) is 4.79 Å². The lowest BCUT2D eigenvalue weighted by molar-refractivity contribution is -0.125. The van der Waals surface area contributed by atoms with E-state index in [1.54, 1.807) is 0 Å². The number of nitrogens with two attached hydrogens (primary N) is 1. The van der Waals surface area contributed by atoms with E-state index in [1.807, 2.05) is 41.5 Å². The van der Waals surface area contributed by atoms with Crippen LogP contribution in [0.25, 0.3) is 0 Å². The molecule has 0 heterocycles. The van der Waals surface area contributed by atoms with Crippen molar-refractivity contribution < 1.29 is 4.79 Å². The second-order valence-corrected chi connectivity index (χ2v) is 5.58. The van der Waals surface area contributed by atoms with Gasteiger partial charge in [-0.1, -0.05) is 20.8 Å². The minimum absolute atomic E-state index is 0.0833. The maximum absolute atomic E-state index is 11.6. The second-order valence-electron chi connectivity index (χ2n) is 5.58. The first-order valence-corrected chi connectivity index (χ1v) is 4.61. The highest BCUT2D eigenvalue weighted by Crippen LogP contribution is 2.17. The summed E-state index contributed by atoms with van der Waals surface area (Å²) in [6, 6.07) is -0.452. The average molecular weight is 186 g/mol. The van der Waals surface area contributed by atoms with E-state index in [2.05, 4.69) is 5.32 Å². The van der Waals surface area contributed by atoms with E-state index in [0.29, 0.717) is 0 Å². The number of amides is 1. The molecule has 78 valence electrons. The Kier molecular flexibility index (Phi) is 3.50. The molecule has 0 saturated carbocycles. The fourth-order valence-corrected chi connectivity index (χ4v) is 0.841. The first-order valence-electron chi connectivity index (χ1n) is 4.61. The third-order valence-electron chi connectivity index (χ3n) is 1.71. The molecule has 13 heavy (non-hydrogen) atoms. The summed E-state index contributed by atoms with van der Waals surface area (Å²) >= 11 is 0. The summed E-state index contributed by atoms with van der Waals surface area (Å²) in [5.41, 5.74) is 5.40. The summed E-state index contributed by atoms with van der Waals surface area (Å²) in [5, 5.41) is 2.86. The van der Waals surface area contributed by atoms with Crippen LogP contribution in [0.4, 0.5) is 0 Å². The molecular weight excluding hydrogens is 164 g/mol. The number of carbonyl (C=O) groups is 1. The molecule has 0 unspecified atom stereocenters. The third kappa shape index (κ3) is 4.88. The Morgan fingerprint density at radius 3 is 1.77 bits per heavy atom. The number of nitrogens with one attached hydrogen (secondary N) is 1. The smallest absolute Gasteiger partial charge is 0.237 e. The largest absolute Gasteiger partial charge is 0.350 e. The molecule has 0 aromatic heterocycles. The Bertz CT molecular complexity index is 186. The summed E-state index contributed by atoms with van der Waals surface area (Å²) in [5.74, 6) is -0.0833. The Morgan fingerprint density at radius 2 is 1.54 bits per heavy atom. The van der Waals surface area contributed by atoms with Crippen molar-refractivity contribution in [1.29, 1.82) is 0 Å². The van der Waals surface area contributed by atoms with Gasteiger partial charge in [-0.05, 0) is 26.2 Å². The third-order valence-corrected chi connectivity index (χ3v) is 1.71. The van der Waals surface area contributed by atoms with E-state index >= 15 is 0 Å². The fraction of sp³-hybridized carbons (Fsp3) is 0.900. The predicted octanol–water partition coefficient (Wildman–Crippen LogP) is 1.27. The summed E-state index contributed by atoms with van der Waals surface area (Å²) in [6.45, 7) is 11.7. The molecule has 3 heteroatoms. The SMILES string of the molecule is CC(C)(C)NC(=O)[C@H](N)C(C)(C)C. The standard InChI is InChI=1S/C10H22N2O/c1-9(2,3)7(11)8(13)12-10(4,5)6/h7H,11H2,1-6H3,(H,12,13)/t7-/m0/s1. The number of rotatable bonds is 1. The van der Waals surface area contributed by atoms with E-state index in [1.165, 1.54) is 0 Å². The van der Waals surface area contributed by atoms with Gasteiger partial charge in [0.25, 0.3) is 0 Å². The zero-order valence-corrected chi connectivity index (χ0v) is 9.56. The van der Waals surface area contributed by atoms with Gasteiger partial charge < -0.3 is 11.1 Å². The van der Waals surface area contributed by atoms with Crippen molar-refractivity contribution in [1.82, 2.24) is 5.32 Å². The molecule has 0 aromatic rings. The molecule has 0 bridgehead atoms. The fourth-order valence-electron chi connectivity index (χ4n) is 0.841. The second kappa shape index (κ2) is 3.66. The molecule has 0 aliphatic rings. The van der Waals surface area contributed by atoms with Gasteiger partial charge in [-0.2, -0.15) is 0 Å². The van der Waals surface area contributed by atoms with Gasteiger partial charge in [0.2, 0.25) is 5.91 Å². The van der Waals surface area contributed by atoms with Crippen LogP contribution in [0, 0.1) is 5.41 Å². The Morgan fingerprint density at radius 1 is 1.15 bits per heavy atom. The van der Waals surface area contributed by atoms with Crippen molar-refractivity contribution in [3.8, 4) is 0 Å². The Balaban J connectivity index is 4.30. The minimum atomic E-state index is -0.452. The van der Waals surface area contributed by atoms with Crippen molar-refractivity contribution in [3.63, 3.8) is 0 Å². The summed E-state index contributed by atoms with van der Waals surface area (Å²) in [7, 11) is 0. The molecule has 0 aliphatic carbocycles. The first kappa shape index (κ1) is 12.4. The molecule has 0 spiro atoms. The van der Waals surface area contributed by atoms with Gasteiger partial charge >= 0.3 is 0 Å². The van der Waals surface area contributed by atoms with E-state index in [4.69, 9.17) is 5.73 Å². The van der Waals surface area contributed by atoms with Crippen LogP contribution in [0.5, 0.6) is 0 Å². The monoisotopic (exact) mass is 186 g/mol. The van der Waals surface area contributed by atoms with Crippen molar-refractivity contribution in [2.24, 2.45) is 11.1 Å². The highest BCUT2D eigenvalue weighted by Gasteiger charge is 2.29. The quantitative estimate of drug-likeness (QED) is 0.648. The molecule has 0 rings (SSSR count). The lowest BCUT2D eigenvalue weighted by atomic mass is 9.86. The van der Waals surface area contributed by atoms with E-state index < -0.39 is 6.04 Å². The van der Waals surface area contributed by atoms with E-state index in [0.717, 1.165) is 0 Å². The zero-order valence-electron chi connectivity index (χ0n) is 9.56. The summed E-state index contributed by atoms with van der Waals surface area (Å²) in [4.78, 5) is 11.6. The molecule has 0 fully saturated rings. The van der Waals surface area contributed by atoms with Gasteiger partial charge in [0.1, 0.15) is 0 Å². The van der Waals surface area contributed by atoms with E-state index in [-0.39, 0.29) is 16.9 Å². The normalized spacial score (nSPS) is 15.3. The van der Waals surface area contributed by atoms with Crippen LogP contribution >= 0.6 is 0 Å².